The van der Waals surface area contributed by atoms with Gasteiger partial charge in [0.25, 0.3) is 0 Å². The summed E-state index contributed by atoms with van der Waals surface area (Å²) in [6.07, 6.45) is 1.41. The molecule has 0 saturated carbocycles. The minimum atomic E-state index is -0.145. The number of rotatable bonds is 5. The van der Waals surface area contributed by atoms with E-state index in [0.717, 1.165) is 0 Å². The summed E-state index contributed by atoms with van der Waals surface area (Å²) in [5.41, 5.74) is 5.53. The average molecular weight is 211 g/mol. The van der Waals surface area contributed by atoms with Crippen LogP contribution in [-0.2, 0) is 11.3 Å². The average Bonchev–Trinajstić information content (AvgIpc) is 2.67. The van der Waals surface area contributed by atoms with Crippen molar-refractivity contribution in [1.82, 2.24) is 20.5 Å². The first-order valence-corrected chi connectivity index (χ1v) is 4.97. The number of carbonyl (C=O) groups is 1. The Bertz CT molecular complexity index is 295. The predicted molar refractivity (Wildman–Crippen MR) is 55.6 cm³/mol. The van der Waals surface area contributed by atoms with E-state index in [4.69, 9.17) is 5.73 Å². The lowest BCUT2D eigenvalue weighted by Crippen LogP contribution is -2.37. The summed E-state index contributed by atoms with van der Waals surface area (Å²) >= 11 is 0. The number of carbonyl (C=O) groups excluding carboxylic acids is 1. The lowest BCUT2D eigenvalue weighted by Gasteiger charge is -2.17. The largest absolute Gasteiger partial charge is 0.349 e. The van der Waals surface area contributed by atoms with Gasteiger partial charge in [-0.1, -0.05) is 13.8 Å². The number of nitrogens with two attached hydrogens (primary N) is 1. The molecule has 6 nitrogen and oxygen atoms in total. The Morgan fingerprint density at radius 2 is 2.40 bits per heavy atom. The highest BCUT2D eigenvalue weighted by molar-refractivity contribution is 5.78. The van der Waals surface area contributed by atoms with Gasteiger partial charge in [0.05, 0.1) is 12.5 Å². The van der Waals surface area contributed by atoms with Crippen LogP contribution in [0.15, 0.2) is 6.33 Å². The number of aromatic amines is 1. The zero-order chi connectivity index (χ0) is 11.3. The number of nitrogens with one attached hydrogen (secondary N) is 2. The van der Waals surface area contributed by atoms with Crippen molar-refractivity contribution in [2.45, 2.75) is 20.4 Å². The van der Waals surface area contributed by atoms with Gasteiger partial charge in [0, 0.05) is 6.54 Å². The summed E-state index contributed by atoms with van der Waals surface area (Å²) in [7, 11) is 0. The van der Waals surface area contributed by atoms with Crippen molar-refractivity contribution in [2.24, 2.45) is 17.6 Å². The monoisotopic (exact) mass is 211 g/mol. The molecule has 0 spiro atoms. The first kappa shape index (κ1) is 11.6. The molecule has 1 amide bonds. The summed E-state index contributed by atoms with van der Waals surface area (Å²) in [5.74, 6) is 0.699. The van der Waals surface area contributed by atoms with Crippen molar-refractivity contribution >= 4 is 5.91 Å². The molecule has 0 saturated heterocycles. The van der Waals surface area contributed by atoms with Crippen LogP contribution in [-0.4, -0.2) is 27.6 Å². The molecule has 0 aromatic carbocycles. The zero-order valence-electron chi connectivity index (χ0n) is 9.03. The topological polar surface area (TPSA) is 96.7 Å². The fraction of sp³-hybridized carbons (Fsp3) is 0.667. The van der Waals surface area contributed by atoms with Gasteiger partial charge in [0.1, 0.15) is 12.2 Å². The number of H-pyrrole nitrogens is 1. The highest BCUT2D eigenvalue weighted by Crippen LogP contribution is 2.08. The van der Waals surface area contributed by atoms with E-state index in [9.17, 15) is 4.79 Å². The summed E-state index contributed by atoms with van der Waals surface area (Å²) in [6.45, 7) is 4.68. The molecular weight excluding hydrogens is 194 g/mol. The van der Waals surface area contributed by atoms with Gasteiger partial charge in [-0.05, 0) is 5.92 Å². The van der Waals surface area contributed by atoms with Gasteiger partial charge in [0.2, 0.25) is 5.91 Å². The maximum atomic E-state index is 11.7. The molecule has 1 aromatic rings. The Balaban J connectivity index is 2.41. The number of aromatic nitrogens is 3. The molecule has 6 heteroatoms. The van der Waals surface area contributed by atoms with Gasteiger partial charge in [0.15, 0.2) is 0 Å². The van der Waals surface area contributed by atoms with Gasteiger partial charge in [-0.25, -0.2) is 4.98 Å². The number of hydrogen-bond acceptors (Lipinski definition) is 4. The van der Waals surface area contributed by atoms with Crippen molar-refractivity contribution in [1.29, 1.82) is 0 Å². The summed E-state index contributed by atoms with van der Waals surface area (Å²) in [4.78, 5) is 15.6. The fourth-order valence-electron chi connectivity index (χ4n) is 1.30. The van der Waals surface area contributed by atoms with Gasteiger partial charge >= 0.3 is 0 Å². The molecule has 1 unspecified atom stereocenters. The smallest absolute Gasteiger partial charge is 0.225 e. The van der Waals surface area contributed by atoms with Crippen molar-refractivity contribution in [3.63, 3.8) is 0 Å². The lowest BCUT2D eigenvalue weighted by atomic mass is 9.95. The normalized spacial score (nSPS) is 12.8. The molecule has 0 fully saturated rings. The molecule has 4 N–H and O–H groups in total. The standard InChI is InChI=1S/C9H17N5O/c1-6(2)7(3-10)9(15)11-4-8-12-5-13-14-8/h5-7H,3-4,10H2,1-2H3,(H,11,15)(H,12,13,14). The Morgan fingerprint density at radius 3 is 2.87 bits per heavy atom. The van der Waals surface area contributed by atoms with E-state index in [0.29, 0.717) is 18.9 Å². The van der Waals surface area contributed by atoms with E-state index >= 15 is 0 Å². The Kier molecular flexibility index (Phi) is 4.23. The van der Waals surface area contributed by atoms with Crippen LogP contribution in [0.2, 0.25) is 0 Å². The predicted octanol–water partition coefficient (Wildman–Crippen LogP) is -0.348. The zero-order valence-corrected chi connectivity index (χ0v) is 9.03. The SMILES string of the molecule is CC(C)C(CN)C(=O)NCc1ncn[nH]1. The van der Waals surface area contributed by atoms with Crippen LogP contribution in [0, 0.1) is 11.8 Å². The summed E-state index contributed by atoms with van der Waals surface area (Å²) < 4.78 is 0. The maximum Gasteiger partial charge on any atom is 0.225 e. The second-order valence-corrected chi connectivity index (χ2v) is 3.74. The Labute approximate surface area is 88.7 Å². The van der Waals surface area contributed by atoms with E-state index in [2.05, 4.69) is 20.5 Å². The molecule has 1 atom stereocenters. The number of nitrogens with zero attached hydrogens (tertiary/aromatic N) is 2. The first-order chi connectivity index (χ1) is 7.15. The summed E-state index contributed by atoms with van der Waals surface area (Å²) in [6, 6.07) is 0. The second-order valence-electron chi connectivity index (χ2n) is 3.74. The quantitative estimate of drug-likeness (QED) is 0.620. The van der Waals surface area contributed by atoms with Gasteiger partial charge in [-0.3, -0.25) is 9.89 Å². The molecule has 0 aliphatic heterocycles. The van der Waals surface area contributed by atoms with E-state index in [1.165, 1.54) is 6.33 Å². The van der Waals surface area contributed by atoms with Crippen molar-refractivity contribution < 1.29 is 4.79 Å². The third-order valence-electron chi connectivity index (χ3n) is 2.29. The van der Waals surface area contributed by atoms with Crippen LogP contribution < -0.4 is 11.1 Å². The van der Waals surface area contributed by atoms with Gasteiger partial charge < -0.3 is 11.1 Å². The molecule has 0 bridgehead atoms. The molecule has 1 heterocycles. The Hall–Kier alpha value is -1.43. The molecular formula is C9H17N5O. The van der Waals surface area contributed by atoms with E-state index < -0.39 is 0 Å². The molecule has 84 valence electrons. The molecule has 1 rings (SSSR count). The van der Waals surface area contributed by atoms with Crippen molar-refractivity contribution in [2.75, 3.05) is 6.54 Å². The molecule has 15 heavy (non-hydrogen) atoms. The van der Waals surface area contributed by atoms with Crippen LogP contribution >= 0.6 is 0 Å². The lowest BCUT2D eigenvalue weighted by molar-refractivity contribution is -0.126. The molecule has 1 aromatic heterocycles. The fourth-order valence-corrected chi connectivity index (χ4v) is 1.30. The third-order valence-corrected chi connectivity index (χ3v) is 2.29. The summed E-state index contributed by atoms with van der Waals surface area (Å²) in [5, 5.41) is 9.12. The Morgan fingerprint density at radius 1 is 1.67 bits per heavy atom. The van der Waals surface area contributed by atoms with Gasteiger partial charge in [-0.15, -0.1) is 0 Å². The van der Waals surface area contributed by atoms with Crippen LogP contribution in [0.3, 0.4) is 0 Å². The van der Waals surface area contributed by atoms with Crippen molar-refractivity contribution in [3.05, 3.63) is 12.2 Å². The number of amides is 1. The highest BCUT2D eigenvalue weighted by Gasteiger charge is 2.20. The highest BCUT2D eigenvalue weighted by atomic mass is 16.1. The van der Waals surface area contributed by atoms with E-state index in [-0.39, 0.29) is 17.7 Å². The van der Waals surface area contributed by atoms with E-state index in [1.54, 1.807) is 0 Å². The number of hydrogen-bond donors (Lipinski definition) is 3. The first-order valence-electron chi connectivity index (χ1n) is 4.97. The third kappa shape index (κ3) is 3.32. The van der Waals surface area contributed by atoms with Crippen LogP contribution in [0.1, 0.15) is 19.7 Å². The molecule has 0 aliphatic rings. The minimum Gasteiger partial charge on any atom is -0.349 e. The maximum absolute atomic E-state index is 11.7. The van der Waals surface area contributed by atoms with Crippen LogP contribution in [0.4, 0.5) is 0 Å². The molecule has 0 radical (unpaired) electrons. The van der Waals surface area contributed by atoms with Crippen LogP contribution in [0.5, 0.6) is 0 Å². The molecule has 0 aliphatic carbocycles. The van der Waals surface area contributed by atoms with E-state index in [1.807, 2.05) is 13.8 Å². The second kappa shape index (κ2) is 5.45. The van der Waals surface area contributed by atoms with Crippen LogP contribution in [0.25, 0.3) is 0 Å². The minimum absolute atomic E-state index is 0.0381. The van der Waals surface area contributed by atoms with Crippen molar-refractivity contribution in [3.8, 4) is 0 Å². The van der Waals surface area contributed by atoms with Gasteiger partial charge in [-0.2, -0.15) is 5.10 Å².